The topological polar surface area (TPSA) is 88.7 Å². The average molecular weight is 510 g/mol. The van der Waals surface area contributed by atoms with Crippen molar-refractivity contribution in [1.82, 2.24) is 5.32 Å². The van der Waals surface area contributed by atoms with Crippen LogP contribution < -0.4 is 25.4 Å². The number of carbonyl (C=O) groups is 2. The Morgan fingerprint density at radius 2 is 1.34 bits per heavy atom. The van der Waals surface area contributed by atoms with Crippen LogP contribution in [0.4, 0.5) is 11.4 Å². The molecule has 4 aromatic carbocycles. The van der Waals surface area contributed by atoms with Crippen LogP contribution in [0.2, 0.25) is 0 Å². The fraction of sp³-hybridized carbons (Fsp3) is 0.161. The molecule has 7 heteroatoms. The van der Waals surface area contributed by atoms with Crippen LogP contribution in [-0.2, 0) is 4.79 Å². The van der Waals surface area contributed by atoms with Gasteiger partial charge in [-0.2, -0.15) is 0 Å². The molecular formula is C31H31N3O4. The Balaban J connectivity index is 1.19. The van der Waals surface area contributed by atoms with E-state index < -0.39 is 0 Å². The van der Waals surface area contributed by atoms with Crippen LogP contribution in [0.1, 0.15) is 28.9 Å². The Morgan fingerprint density at radius 3 is 2.05 bits per heavy atom. The summed E-state index contributed by atoms with van der Waals surface area (Å²) in [5.74, 6) is 1.10. The standard InChI is InChI=1S/C31H31N3O4/c1-23(24-9-4-2-5-10-24)33-31(36)25-15-17-26(18-16-25)34-30(35)22-32-27-11-8-14-29(21-27)38-20-19-37-28-12-6-3-7-13-28/h2-18,21,23,32H,19-20,22H2,1H3,(H,33,36)(H,34,35). The zero-order valence-corrected chi connectivity index (χ0v) is 21.2. The molecule has 7 nitrogen and oxygen atoms in total. The van der Waals surface area contributed by atoms with Gasteiger partial charge in [-0.3, -0.25) is 9.59 Å². The Bertz CT molecular complexity index is 1310. The molecule has 0 bridgehead atoms. The molecule has 3 N–H and O–H groups in total. The Labute approximate surface area is 222 Å². The van der Waals surface area contributed by atoms with Gasteiger partial charge in [0, 0.05) is 23.0 Å². The van der Waals surface area contributed by atoms with Crippen LogP contribution in [0.3, 0.4) is 0 Å². The maximum atomic E-state index is 12.6. The Morgan fingerprint density at radius 1 is 0.711 bits per heavy atom. The fourth-order valence-corrected chi connectivity index (χ4v) is 3.73. The van der Waals surface area contributed by atoms with E-state index >= 15 is 0 Å². The van der Waals surface area contributed by atoms with Crippen LogP contribution in [0.15, 0.2) is 109 Å². The lowest BCUT2D eigenvalue weighted by Gasteiger charge is -2.14. The van der Waals surface area contributed by atoms with Crippen LogP contribution in [0.5, 0.6) is 11.5 Å². The zero-order valence-electron chi connectivity index (χ0n) is 21.2. The monoisotopic (exact) mass is 509 g/mol. The number of anilines is 2. The molecule has 4 rings (SSSR count). The molecule has 194 valence electrons. The first-order valence-electron chi connectivity index (χ1n) is 12.5. The molecule has 4 aromatic rings. The third-order valence-electron chi connectivity index (χ3n) is 5.73. The number of carbonyl (C=O) groups excluding carboxylic acids is 2. The van der Waals surface area contributed by atoms with E-state index in [0.29, 0.717) is 30.2 Å². The lowest BCUT2D eigenvalue weighted by Crippen LogP contribution is -2.26. The van der Waals surface area contributed by atoms with Gasteiger partial charge < -0.3 is 25.4 Å². The van der Waals surface area contributed by atoms with Crippen molar-refractivity contribution in [3.05, 3.63) is 120 Å². The summed E-state index contributed by atoms with van der Waals surface area (Å²) in [5.41, 5.74) is 2.93. The van der Waals surface area contributed by atoms with Gasteiger partial charge in [-0.15, -0.1) is 0 Å². The number of hydrogen-bond acceptors (Lipinski definition) is 5. The van der Waals surface area contributed by atoms with Crippen molar-refractivity contribution in [2.24, 2.45) is 0 Å². The molecule has 0 aliphatic heterocycles. The molecule has 0 spiro atoms. The second kappa shape index (κ2) is 13.5. The Kier molecular flexibility index (Phi) is 9.34. The van der Waals surface area contributed by atoms with Crippen molar-refractivity contribution >= 4 is 23.2 Å². The average Bonchev–Trinajstić information content (AvgIpc) is 2.96. The van der Waals surface area contributed by atoms with Crippen LogP contribution in [0, 0.1) is 0 Å². The van der Waals surface area contributed by atoms with E-state index in [1.165, 1.54) is 0 Å². The summed E-state index contributed by atoms with van der Waals surface area (Å²) in [6.45, 7) is 2.85. The summed E-state index contributed by atoms with van der Waals surface area (Å²) in [6, 6.07) is 33.5. The second-order valence-corrected chi connectivity index (χ2v) is 8.62. The van der Waals surface area contributed by atoms with Gasteiger partial charge in [-0.1, -0.05) is 54.6 Å². The molecule has 1 unspecified atom stereocenters. The van der Waals surface area contributed by atoms with Crippen molar-refractivity contribution in [1.29, 1.82) is 0 Å². The van der Waals surface area contributed by atoms with Crippen molar-refractivity contribution in [2.45, 2.75) is 13.0 Å². The van der Waals surface area contributed by atoms with E-state index in [4.69, 9.17) is 9.47 Å². The van der Waals surface area contributed by atoms with Gasteiger partial charge >= 0.3 is 0 Å². The fourth-order valence-electron chi connectivity index (χ4n) is 3.73. The summed E-state index contributed by atoms with van der Waals surface area (Å²) in [6.07, 6.45) is 0. The summed E-state index contributed by atoms with van der Waals surface area (Å²) in [7, 11) is 0. The van der Waals surface area contributed by atoms with E-state index in [0.717, 1.165) is 17.0 Å². The van der Waals surface area contributed by atoms with Crippen LogP contribution >= 0.6 is 0 Å². The van der Waals surface area contributed by atoms with E-state index in [2.05, 4.69) is 16.0 Å². The van der Waals surface area contributed by atoms with Gasteiger partial charge in [0.15, 0.2) is 0 Å². The molecule has 38 heavy (non-hydrogen) atoms. The van der Waals surface area contributed by atoms with Gasteiger partial charge in [-0.05, 0) is 61.0 Å². The zero-order chi connectivity index (χ0) is 26.6. The second-order valence-electron chi connectivity index (χ2n) is 8.62. The molecule has 0 aliphatic rings. The van der Waals surface area contributed by atoms with E-state index in [9.17, 15) is 9.59 Å². The maximum Gasteiger partial charge on any atom is 0.251 e. The summed E-state index contributed by atoms with van der Waals surface area (Å²) in [5, 5.41) is 8.92. The minimum absolute atomic E-state index is 0.0808. The largest absolute Gasteiger partial charge is 0.490 e. The van der Waals surface area contributed by atoms with Crippen molar-refractivity contribution in [2.75, 3.05) is 30.4 Å². The highest BCUT2D eigenvalue weighted by Gasteiger charge is 2.11. The van der Waals surface area contributed by atoms with Crippen LogP contribution in [0.25, 0.3) is 0 Å². The molecule has 0 aromatic heterocycles. The normalized spacial score (nSPS) is 11.2. The molecule has 0 heterocycles. The highest BCUT2D eigenvalue weighted by atomic mass is 16.5. The molecule has 0 saturated heterocycles. The lowest BCUT2D eigenvalue weighted by molar-refractivity contribution is -0.114. The van der Waals surface area contributed by atoms with Gasteiger partial charge in [0.2, 0.25) is 5.91 Å². The first-order chi connectivity index (χ1) is 18.6. The van der Waals surface area contributed by atoms with Crippen molar-refractivity contribution in [3.63, 3.8) is 0 Å². The molecular weight excluding hydrogens is 478 g/mol. The minimum atomic E-state index is -0.206. The van der Waals surface area contributed by atoms with Crippen molar-refractivity contribution < 1.29 is 19.1 Å². The SMILES string of the molecule is CC(NC(=O)c1ccc(NC(=O)CNc2cccc(OCCOc3ccccc3)c2)cc1)c1ccccc1. The van der Waals surface area contributed by atoms with E-state index in [-0.39, 0.29) is 24.4 Å². The minimum Gasteiger partial charge on any atom is -0.490 e. The van der Waals surface area contributed by atoms with Crippen LogP contribution in [-0.4, -0.2) is 31.6 Å². The number of amides is 2. The molecule has 2 amide bonds. The third kappa shape index (κ3) is 8.13. The predicted molar refractivity (Wildman–Crippen MR) is 150 cm³/mol. The Hall–Kier alpha value is -4.78. The van der Waals surface area contributed by atoms with Gasteiger partial charge in [-0.25, -0.2) is 0 Å². The summed E-state index contributed by atoms with van der Waals surface area (Å²) >= 11 is 0. The highest BCUT2D eigenvalue weighted by molar-refractivity contribution is 5.96. The molecule has 0 saturated carbocycles. The van der Waals surface area contributed by atoms with Gasteiger partial charge in [0.05, 0.1) is 12.6 Å². The predicted octanol–water partition coefficient (Wildman–Crippen LogP) is 5.69. The number of ether oxygens (including phenoxy) is 2. The number of para-hydroxylation sites is 1. The third-order valence-corrected chi connectivity index (χ3v) is 5.73. The highest BCUT2D eigenvalue weighted by Crippen LogP contribution is 2.18. The lowest BCUT2D eigenvalue weighted by atomic mass is 10.1. The smallest absolute Gasteiger partial charge is 0.251 e. The van der Waals surface area contributed by atoms with E-state index in [1.807, 2.05) is 91.9 Å². The van der Waals surface area contributed by atoms with Crippen molar-refractivity contribution in [3.8, 4) is 11.5 Å². The van der Waals surface area contributed by atoms with E-state index in [1.54, 1.807) is 24.3 Å². The number of rotatable bonds is 12. The molecule has 1 atom stereocenters. The summed E-state index contributed by atoms with van der Waals surface area (Å²) < 4.78 is 11.4. The summed E-state index contributed by atoms with van der Waals surface area (Å²) in [4.78, 5) is 25.0. The van der Waals surface area contributed by atoms with Gasteiger partial charge in [0.25, 0.3) is 5.91 Å². The number of hydrogen-bond donors (Lipinski definition) is 3. The molecule has 0 aliphatic carbocycles. The first-order valence-corrected chi connectivity index (χ1v) is 12.5. The maximum absolute atomic E-state index is 12.6. The molecule has 0 fully saturated rings. The quantitative estimate of drug-likeness (QED) is 0.214. The number of benzene rings is 4. The molecule has 0 radical (unpaired) electrons. The van der Waals surface area contributed by atoms with Gasteiger partial charge in [0.1, 0.15) is 24.7 Å². The first kappa shape index (κ1) is 26.3. The number of nitrogens with one attached hydrogen (secondary N) is 3.